The molecule has 2 N–H and O–H groups in total. The largest absolute Gasteiger partial charge is 0.495 e. The predicted molar refractivity (Wildman–Crippen MR) is 66.0 cm³/mol. The van der Waals surface area contributed by atoms with Gasteiger partial charge in [0.15, 0.2) is 0 Å². The number of likely N-dealkylation sites (tertiary alicyclic amines) is 1. The maximum absolute atomic E-state index is 6.12. The minimum atomic E-state index is 0.235. The minimum absolute atomic E-state index is 0.235. The summed E-state index contributed by atoms with van der Waals surface area (Å²) in [5, 5.41) is 0.661. The Morgan fingerprint density at radius 1 is 1.50 bits per heavy atom. The molecule has 0 aromatic heterocycles. The smallest absolute Gasteiger partial charge is 0.142 e. The summed E-state index contributed by atoms with van der Waals surface area (Å²) < 4.78 is 5.37. The fourth-order valence-electron chi connectivity index (χ4n) is 2.41. The molecule has 4 heteroatoms. The standard InChI is InChI=1S/C12H17ClN2O/c1-15-7-8(14)6-11(15)9-4-3-5-10(13)12(9)16-2/h3-5,8,11H,6-7,14H2,1-2H3. The molecule has 1 aromatic carbocycles. The summed E-state index contributed by atoms with van der Waals surface area (Å²) in [5.74, 6) is 0.773. The predicted octanol–water partition coefficient (Wildman–Crippen LogP) is 2.05. The van der Waals surface area contributed by atoms with Gasteiger partial charge in [-0.1, -0.05) is 23.7 Å². The molecule has 2 atom stereocenters. The van der Waals surface area contributed by atoms with Crippen molar-refractivity contribution in [3.63, 3.8) is 0 Å². The van der Waals surface area contributed by atoms with Crippen molar-refractivity contribution in [2.45, 2.75) is 18.5 Å². The molecule has 0 bridgehead atoms. The molecule has 1 aliphatic heterocycles. The van der Waals surface area contributed by atoms with Gasteiger partial charge in [0.1, 0.15) is 5.75 Å². The van der Waals surface area contributed by atoms with E-state index in [0.29, 0.717) is 11.1 Å². The minimum Gasteiger partial charge on any atom is -0.495 e. The van der Waals surface area contributed by atoms with Crippen molar-refractivity contribution in [3.8, 4) is 5.75 Å². The van der Waals surface area contributed by atoms with Crippen LogP contribution in [0.15, 0.2) is 18.2 Å². The molecule has 1 heterocycles. The van der Waals surface area contributed by atoms with Crippen LogP contribution in [0.25, 0.3) is 0 Å². The molecule has 0 aliphatic carbocycles. The molecule has 88 valence electrons. The number of methoxy groups -OCH3 is 1. The molecule has 2 unspecified atom stereocenters. The second kappa shape index (κ2) is 4.62. The highest BCUT2D eigenvalue weighted by Gasteiger charge is 2.30. The summed E-state index contributed by atoms with van der Waals surface area (Å²) >= 11 is 6.12. The Morgan fingerprint density at radius 2 is 2.25 bits per heavy atom. The number of halogens is 1. The first-order chi connectivity index (χ1) is 7.63. The molecule has 3 nitrogen and oxygen atoms in total. The zero-order chi connectivity index (χ0) is 11.7. The van der Waals surface area contributed by atoms with E-state index >= 15 is 0 Å². The summed E-state index contributed by atoms with van der Waals surface area (Å²) in [7, 11) is 3.73. The van der Waals surface area contributed by atoms with E-state index in [4.69, 9.17) is 22.1 Å². The van der Waals surface area contributed by atoms with Crippen LogP contribution in [0.1, 0.15) is 18.0 Å². The molecule has 0 saturated carbocycles. The number of nitrogens with zero attached hydrogens (tertiary/aromatic N) is 1. The zero-order valence-corrected chi connectivity index (χ0v) is 10.4. The summed E-state index contributed by atoms with van der Waals surface area (Å²) in [6.07, 6.45) is 0.952. The Bertz CT molecular complexity index is 383. The van der Waals surface area contributed by atoms with Gasteiger partial charge in [0.25, 0.3) is 0 Å². The maximum atomic E-state index is 6.12. The van der Waals surface area contributed by atoms with Crippen LogP contribution in [0, 0.1) is 0 Å². The van der Waals surface area contributed by atoms with Gasteiger partial charge in [0.2, 0.25) is 0 Å². The Kier molecular flexibility index (Phi) is 3.38. The highest BCUT2D eigenvalue weighted by molar-refractivity contribution is 6.32. The highest BCUT2D eigenvalue weighted by Crippen LogP contribution is 2.38. The third-order valence-electron chi connectivity index (χ3n) is 3.14. The number of ether oxygens (including phenoxy) is 1. The zero-order valence-electron chi connectivity index (χ0n) is 9.61. The van der Waals surface area contributed by atoms with Crippen LogP contribution in [0.5, 0.6) is 5.75 Å². The first kappa shape index (κ1) is 11.7. The molecule has 1 fully saturated rings. The van der Waals surface area contributed by atoms with E-state index in [2.05, 4.69) is 18.0 Å². The molecular formula is C12H17ClN2O. The van der Waals surface area contributed by atoms with Crippen molar-refractivity contribution >= 4 is 11.6 Å². The Balaban J connectivity index is 2.36. The second-order valence-electron chi connectivity index (χ2n) is 4.31. The molecular weight excluding hydrogens is 224 g/mol. The van der Waals surface area contributed by atoms with Gasteiger partial charge in [-0.05, 0) is 19.5 Å². The Morgan fingerprint density at radius 3 is 2.81 bits per heavy atom. The highest BCUT2D eigenvalue weighted by atomic mass is 35.5. The van der Waals surface area contributed by atoms with Crippen LogP contribution >= 0.6 is 11.6 Å². The molecule has 16 heavy (non-hydrogen) atoms. The van der Waals surface area contributed by atoms with Gasteiger partial charge in [-0.15, -0.1) is 0 Å². The van der Waals surface area contributed by atoms with Crippen molar-refractivity contribution in [1.29, 1.82) is 0 Å². The summed E-state index contributed by atoms with van der Waals surface area (Å²) in [4.78, 5) is 2.25. The topological polar surface area (TPSA) is 38.5 Å². The number of hydrogen-bond donors (Lipinski definition) is 1. The molecule has 0 radical (unpaired) electrons. The average molecular weight is 241 g/mol. The molecule has 1 aliphatic rings. The number of likely N-dealkylation sites (N-methyl/N-ethyl adjacent to an activating group) is 1. The summed E-state index contributed by atoms with van der Waals surface area (Å²) in [6, 6.07) is 6.41. The van der Waals surface area contributed by atoms with E-state index in [1.807, 2.05) is 12.1 Å². The van der Waals surface area contributed by atoms with Crippen LogP contribution in [-0.4, -0.2) is 31.6 Å². The van der Waals surface area contributed by atoms with E-state index in [-0.39, 0.29) is 6.04 Å². The van der Waals surface area contributed by atoms with E-state index < -0.39 is 0 Å². The van der Waals surface area contributed by atoms with Gasteiger partial charge in [-0.3, -0.25) is 4.90 Å². The average Bonchev–Trinajstić information content (AvgIpc) is 2.57. The van der Waals surface area contributed by atoms with Gasteiger partial charge in [-0.25, -0.2) is 0 Å². The number of para-hydroxylation sites is 1. The molecule has 1 saturated heterocycles. The number of nitrogens with two attached hydrogens (primary N) is 1. The third kappa shape index (κ3) is 2.03. The number of benzene rings is 1. The summed E-state index contributed by atoms with van der Waals surface area (Å²) in [5.41, 5.74) is 7.10. The second-order valence-corrected chi connectivity index (χ2v) is 4.72. The maximum Gasteiger partial charge on any atom is 0.142 e. The van der Waals surface area contributed by atoms with Gasteiger partial charge in [0, 0.05) is 24.2 Å². The Hall–Kier alpha value is -0.770. The van der Waals surface area contributed by atoms with Crippen molar-refractivity contribution in [1.82, 2.24) is 4.90 Å². The molecule has 0 spiro atoms. The fraction of sp³-hybridized carbons (Fsp3) is 0.500. The number of rotatable bonds is 2. The van der Waals surface area contributed by atoms with Crippen molar-refractivity contribution in [2.24, 2.45) is 5.73 Å². The van der Waals surface area contributed by atoms with E-state index in [0.717, 1.165) is 24.3 Å². The van der Waals surface area contributed by atoms with Crippen molar-refractivity contribution < 1.29 is 4.74 Å². The lowest BCUT2D eigenvalue weighted by Crippen LogP contribution is -2.24. The lowest BCUT2D eigenvalue weighted by molar-refractivity contribution is 0.305. The van der Waals surface area contributed by atoms with Crippen LogP contribution < -0.4 is 10.5 Å². The normalized spacial score (nSPS) is 26.0. The van der Waals surface area contributed by atoms with Gasteiger partial charge in [-0.2, -0.15) is 0 Å². The molecule has 1 aromatic rings. The van der Waals surface area contributed by atoms with E-state index in [1.165, 1.54) is 0 Å². The monoisotopic (exact) mass is 240 g/mol. The van der Waals surface area contributed by atoms with Crippen LogP contribution in [0.3, 0.4) is 0 Å². The molecule has 2 rings (SSSR count). The first-order valence-corrected chi connectivity index (χ1v) is 5.79. The van der Waals surface area contributed by atoms with E-state index in [1.54, 1.807) is 7.11 Å². The quantitative estimate of drug-likeness (QED) is 0.860. The lowest BCUT2D eigenvalue weighted by Gasteiger charge is -2.22. The summed E-state index contributed by atoms with van der Waals surface area (Å²) in [6.45, 7) is 0.917. The lowest BCUT2D eigenvalue weighted by atomic mass is 10.0. The molecule has 0 amide bonds. The SMILES string of the molecule is COc1c(Cl)cccc1C1CC(N)CN1C. The fourth-order valence-corrected chi connectivity index (χ4v) is 2.67. The van der Waals surface area contributed by atoms with Gasteiger partial charge < -0.3 is 10.5 Å². The third-order valence-corrected chi connectivity index (χ3v) is 3.44. The number of hydrogen-bond acceptors (Lipinski definition) is 3. The first-order valence-electron chi connectivity index (χ1n) is 5.41. The van der Waals surface area contributed by atoms with Crippen LogP contribution in [0.2, 0.25) is 5.02 Å². The van der Waals surface area contributed by atoms with Crippen LogP contribution in [0.4, 0.5) is 0 Å². The van der Waals surface area contributed by atoms with Crippen molar-refractivity contribution in [2.75, 3.05) is 20.7 Å². The van der Waals surface area contributed by atoms with Crippen LogP contribution in [-0.2, 0) is 0 Å². The van der Waals surface area contributed by atoms with Gasteiger partial charge in [0.05, 0.1) is 12.1 Å². The van der Waals surface area contributed by atoms with Gasteiger partial charge >= 0.3 is 0 Å². The van der Waals surface area contributed by atoms with E-state index in [9.17, 15) is 0 Å². The Labute approximate surface area is 101 Å². The van der Waals surface area contributed by atoms with Crippen molar-refractivity contribution in [3.05, 3.63) is 28.8 Å².